The molecule has 0 amide bonds. The van der Waals surface area contributed by atoms with Crippen molar-refractivity contribution >= 4 is 0 Å². The van der Waals surface area contributed by atoms with Crippen LogP contribution in [0.15, 0.2) is 0 Å². The van der Waals surface area contributed by atoms with Gasteiger partial charge in [0.15, 0.2) is 0 Å². The predicted molar refractivity (Wildman–Crippen MR) is 92.2 cm³/mol. The van der Waals surface area contributed by atoms with E-state index in [1.54, 1.807) is 0 Å². The first-order valence-electron chi connectivity index (χ1n) is 9.20. The third-order valence-electron chi connectivity index (χ3n) is 4.14. The van der Waals surface area contributed by atoms with E-state index in [0.29, 0.717) is 0 Å². The van der Waals surface area contributed by atoms with Gasteiger partial charge in [-0.1, -0.05) is 71.1 Å². The normalized spacial score (nSPS) is 11.4. The maximum absolute atomic E-state index is 5.50. The summed E-state index contributed by atoms with van der Waals surface area (Å²) in [6, 6.07) is 0. The average Bonchev–Trinajstić information content (AvgIpc) is 2.45. The van der Waals surface area contributed by atoms with Gasteiger partial charge in [-0.3, -0.25) is 0 Å². The fraction of sp³-hybridized carbons (Fsp3) is 1.00. The molecule has 0 spiro atoms. The molecule has 0 rings (SSSR count). The summed E-state index contributed by atoms with van der Waals surface area (Å²) in [6.45, 7) is 5.66. The Balaban J connectivity index is 3.07. The van der Waals surface area contributed by atoms with Crippen LogP contribution in [0.25, 0.3) is 0 Å². The lowest BCUT2D eigenvalue weighted by atomic mass is 10.1. The van der Waals surface area contributed by atoms with Crippen molar-refractivity contribution in [3.05, 3.63) is 0 Å². The monoisotopic (exact) mass is 284 g/mol. The first kappa shape index (κ1) is 19.9. The van der Waals surface area contributed by atoms with Crippen molar-refractivity contribution in [1.29, 1.82) is 0 Å². The topological polar surface area (TPSA) is 29.3 Å². The van der Waals surface area contributed by atoms with Crippen LogP contribution in [0.4, 0.5) is 0 Å². The third kappa shape index (κ3) is 16.0. The van der Waals surface area contributed by atoms with E-state index in [1.165, 1.54) is 96.6 Å². The molecule has 0 radical (unpaired) electrons. The first-order valence-corrected chi connectivity index (χ1v) is 9.20. The molecule has 0 aromatic rings. The highest BCUT2D eigenvalue weighted by molar-refractivity contribution is 4.54. The molecule has 0 aromatic carbocycles. The summed E-state index contributed by atoms with van der Waals surface area (Å²) >= 11 is 0. The van der Waals surface area contributed by atoms with Crippen molar-refractivity contribution in [3.63, 3.8) is 0 Å². The zero-order chi connectivity index (χ0) is 14.9. The summed E-state index contributed by atoms with van der Waals surface area (Å²) in [5, 5.41) is 0. The van der Waals surface area contributed by atoms with Crippen LogP contribution in [-0.2, 0) is 0 Å². The molecule has 122 valence electrons. The van der Waals surface area contributed by atoms with E-state index in [1.807, 2.05) is 0 Å². The fourth-order valence-electron chi connectivity index (χ4n) is 2.68. The largest absolute Gasteiger partial charge is 0.330 e. The molecule has 2 nitrogen and oxygen atoms in total. The molecule has 0 heterocycles. The molecule has 2 N–H and O–H groups in total. The lowest BCUT2D eigenvalue weighted by Gasteiger charge is -2.16. The summed E-state index contributed by atoms with van der Waals surface area (Å²) in [6.07, 6.45) is 18.1. The lowest BCUT2D eigenvalue weighted by Crippen LogP contribution is -2.21. The number of hydrogen-bond donors (Lipinski definition) is 1. The zero-order valence-corrected chi connectivity index (χ0v) is 14.3. The average molecular weight is 285 g/mol. The van der Waals surface area contributed by atoms with Gasteiger partial charge >= 0.3 is 0 Å². The van der Waals surface area contributed by atoms with Crippen LogP contribution in [-0.4, -0.2) is 31.6 Å². The Bertz CT molecular complexity index is 171. The molecular formula is C18H40N2. The smallest absolute Gasteiger partial charge is 0.00218 e. The van der Waals surface area contributed by atoms with Crippen LogP contribution in [0, 0.1) is 0 Å². The van der Waals surface area contributed by atoms with E-state index in [0.717, 1.165) is 6.54 Å². The molecule has 0 fully saturated rings. The molecule has 0 atom stereocenters. The number of hydrogen-bond acceptors (Lipinski definition) is 2. The van der Waals surface area contributed by atoms with E-state index >= 15 is 0 Å². The molecule has 20 heavy (non-hydrogen) atoms. The minimum atomic E-state index is 0.849. The third-order valence-corrected chi connectivity index (χ3v) is 4.14. The summed E-state index contributed by atoms with van der Waals surface area (Å²) in [4.78, 5) is 2.49. The number of nitrogens with zero attached hydrogens (tertiary/aromatic N) is 1. The van der Waals surface area contributed by atoms with E-state index in [4.69, 9.17) is 5.73 Å². The van der Waals surface area contributed by atoms with Crippen LogP contribution in [0.2, 0.25) is 0 Å². The molecule has 0 saturated heterocycles. The van der Waals surface area contributed by atoms with Crippen molar-refractivity contribution in [3.8, 4) is 0 Å². The van der Waals surface area contributed by atoms with Gasteiger partial charge in [0, 0.05) is 0 Å². The molecule has 0 unspecified atom stereocenters. The van der Waals surface area contributed by atoms with Crippen LogP contribution in [0.5, 0.6) is 0 Å². The Morgan fingerprint density at radius 1 is 0.600 bits per heavy atom. The summed E-state index contributed by atoms with van der Waals surface area (Å²) < 4.78 is 0. The zero-order valence-electron chi connectivity index (χ0n) is 14.3. The Kier molecular flexibility index (Phi) is 16.9. The van der Waals surface area contributed by atoms with Gasteiger partial charge in [0.05, 0.1) is 0 Å². The van der Waals surface area contributed by atoms with Crippen molar-refractivity contribution in [2.24, 2.45) is 5.73 Å². The lowest BCUT2D eigenvalue weighted by molar-refractivity contribution is 0.315. The van der Waals surface area contributed by atoms with Crippen LogP contribution < -0.4 is 5.73 Å². The SMILES string of the molecule is CCCCCCCCCCCCN(C)CCCCCN. The highest BCUT2D eigenvalue weighted by Gasteiger charge is 1.98. The minimum absolute atomic E-state index is 0.849. The second kappa shape index (κ2) is 17.0. The van der Waals surface area contributed by atoms with Crippen molar-refractivity contribution in [1.82, 2.24) is 4.90 Å². The number of rotatable bonds is 16. The molecule has 0 aromatic heterocycles. The Labute approximate surface area is 128 Å². The molecule has 0 aliphatic carbocycles. The number of nitrogens with two attached hydrogens (primary N) is 1. The van der Waals surface area contributed by atoms with Gasteiger partial charge in [-0.05, 0) is 45.9 Å². The van der Waals surface area contributed by atoms with Gasteiger partial charge in [-0.15, -0.1) is 0 Å². The quantitative estimate of drug-likeness (QED) is 0.406. The molecule has 0 aliphatic heterocycles. The Hall–Kier alpha value is -0.0800. The Morgan fingerprint density at radius 3 is 1.45 bits per heavy atom. The van der Waals surface area contributed by atoms with Gasteiger partial charge in [0.25, 0.3) is 0 Å². The van der Waals surface area contributed by atoms with Crippen LogP contribution in [0.3, 0.4) is 0 Å². The van der Waals surface area contributed by atoms with Crippen molar-refractivity contribution < 1.29 is 0 Å². The second-order valence-electron chi connectivity index (χ2n) is 6.33. The van der Waals surface area contributed by atoms with Crippen LogP contribution in [0.1, 0.15) is 90.4 Å². The van der Waals surface area contributed by atoms with Gasteiger partial charge < -0.3 is 10.6 Å². The number of unbranched alkanes of at least 4 members (excludes halogenated alkanes) is 11. The van der Waals surface area contributed by atoms with E-state index in [2.05, 4.69) is 18.9 Å². The summed E-state index contributed by atoms with van der Waals surface area (Å²) in [5.74, 6) is 0. The standard InChI is InChI=1S/C18H40N2/c1-3-4-5-6-7-8-9-10-11-14-17-20(2)18-15-12-13-16-19/h3-19H2,1-2H3. The van der Waals surface area contributed by atoms with Gasteiger partial charge in [0.1, 0.15) is 0 Å². The Morgan fingerprint density at radius 2 is 1.00 bits per heavy atom. The maximum Gasteiger partial charge on any atom is -0.00218 e. The highest BCUT2D eigenvalue weighted by Crippen LogP contribution is 2.10. The van der Waals surface area contributed by atoms with Crippen LogP contribution >= 0.6 is 0 Å². The molecule has 0 aliphatic rings. The summed E-state index contributed by atoms with van der Waals surface area (Å²) in [7, 11) is 2.26. The minimum Gasteiger partial charge on any atom is -0.330 e. The van der Waals surface area contributed by atoms with Gasteiger partial charge in [-0.2, -0.15) is 0 Å². The molecule has 0 bridgehead atoms. The van der Waals surface area contributed by atoms with Crippen molar-refractivity contribution in [2.75, 3.05) is 26.7 Å². The summed E-state index contributed by atoms with van der Waals surface area (Å²) in [5.41, 5.74) is 5.50. The first-order chi connectivity index (χ1) is 9.81. The molecule has 2 heteroatoms. The molecular weight excluding hydrogens is 244 g/mol. The molecule has 0 saturated carbocycles. The maximum atomic E-state index is 5.50. The van der Waals surface area contributed by atoms with E-state index < -0.39 is 0 Å². The van der Waals surface area contributed by atoms with Gasteiger partial charge in [0.2, 0.25) is 0 Å². The fourth-order valence-corrected chi connectivity index (χ4v) is 2.68. The van der Waals surface area contributed by atoms with E-state index in [-0.39, 0.29) is 0 Å². The highest BCUT2D eigenvalue weighted by atomic mass is 15.1. The van der Waals surface area contributed by atoms with E-state index in [9.17, 15) is 0 Å². The van der Waals surface area contributed by atoms with Crippen molar-refractivity contribution in [2.45, 2.75) is 90.4 Å². The second-order valence-corrected chi connectivity index (χ2v) is 6.33. The predicted octanol–water partition coefficient (Wildman–Crippen LogP) is 4.97. The van der Waals surface area contributed by atoms with Gasteiger partial charge in [-0.25, -0.2) is 0 Å².